The highest BCUT2D eigenvalue weighted by Crippen LogP contribution is 2.24. The second-order valence-corrected chi connectivity index (χ2v) is 3.03. The summed E-state index contributed by atoms with van der Waals surface area (Å²) in [6, 6.07) is 6.60. The molecule has 0 N–H and O–H groups in total. The largest absolute Gasteiger partial charge is 0.494 e. The van der Waals surface area contributed by atoms with Crippen molar-refractivity contribution in [3.05, 3.63) is 36.2 Å². The van der Waals surface area contributed by atoms with Crippen LogP contribution in [0.1, 0.15) is 18.9 Å². The topological polar surface area (TPSA) is 9.23 Å². The average Bonchev–Trinajstić information content (AvgIpc) is 2.15. The summed E-state index contributed by atoms with van der Waals surface area (Å²) in [5.74, 6) is 0.591. The van der Waals surface area contributed by atoms with Gasteiger partial charge in [0.2, 0.25) is 0 Å². The summed E-state index contributed by atoms with van der Waals surface area (Å²) in [7, 11) is 0. The Morgan fingerprint density at radius 3 is 2.67 bits per heavy atom. The lowest BCUT2D eigenvalue weighted by atomic mass is 10.1. The van der Waals surface area contributed by atoms with Crippen LogP contribution in [-0.4, -0.2) is 12.8 Å². The number of hydrogen-bond donors (Lipinski definition) is 0. The molecule has 0 spiro atoms. The number of ether oxygens (including phenoxy) is 1. The van der Waals surface area contributed by atoms with Gasteiger partial charge in [0.25, 0.3) is 0 Å². The van der Waals surface area contributed by atoms with Crippen LogP contribution in [0, 0.1) is 6.42 Å². The van der Waals surface area contributed by atoms with Crippen molar-refractivity contribution >= 4 is 0 Å². The van der Waals surface area contributed by atoms with E-state index in [1.807, 2.05) is 6.92 Å². The van der Waals surface area contributed by atoms with Crippen molar-refractivity contribution in [3.63, 3.8) is 0 Å². The monoisotopic (exact) mass is 217 g/mol. The average molecular weight is 217 g/mol. The summed E-state index contributed by atoms with van der Waals surface area (Å²) in [5, 5.41) is 0. The molecule has 0 fully saturated rings. The quantitative estimate of drug-likeness (QED) is 0.748. The minimum Gasteiger partial charge on any atom is -0.494 e. The maximum atomic E-state index is 11.9. The number of alkyl halides is 3. The van der Waals surface area contributed by atoms with E-state index in [1.54, 1.807) is 24.3 Å². The summed E-state index contributed by atoms with van der Waals surface area (Å²) in [4.78, 5) is 0. The molecule has 1 nitrogen and oxygen atoms in total. The maximum absolute atomic E-state index is 11.9. The Kier molecular flexibility index (Phi) is 4.00. The van der Waals surface area contributed by atoms with E-state index in [0.29, 0.717) is 17.9 Å². The third-order valence-electron chi connectivity index (χ3n) is 1.74. The van der Waals surface area contributed by atoms with Crippen molar-refractivity contribution in [2.75, 3.05) is 6.61 Å². The van der Waals surface area contributed by atoms with Crippen molar-refractivity contribution in [2.24, 2.45) is 0 Å². The van der Waals surface area contributed by atoms with Crippen molar-refractivity contribution in [1.82, 2.24) is 0 Å². The highest BCUT2D eigenvalue weighted by molar-refractivity contribution is 5.32. The van der Waals surface area contributed by atoms with Gasteiger partial charge in [-0.15, -0.1) is 0 Å². The molecule has 0 atom stereocenters. The molecule has 1 aromatic rings. The molecule has 15 heavy (non-hydrogen) atoms. The molecule has 0 heterocycles. The predicted octanol–water partition coefficient (Wildman–Crippen LogP) is 3.59. The molecule has 0 amide bonds. The molecule has 1 radical (unpaired) electrons. The first-order valence-electron chi connectivity index (χ1n) is 4.64. The fourth-order valence-electron chi connectivity index (χ4n) is 1.13. The minimum absolute atomic E-state index is 0.503. The lowest BCUT2D eigenvalue weighted by molar-refractivity contribution is -0.127. The smallest absolute Gasteiger partial charge is 0.389 e. The van der Waals surface area contributed by atoms with Gasteiger partial charge >= 0.3 is 6.18 Å². The van der Waals surface area contributed by atoms with Gasteiger partial charge in [0.15, 0.2) is 0 Å². The molecule has 0 bridgehead atoms. The van der Waals surface area contributed by atoms with Gasteiger partial charge in [-0.1, -0.05) is 12.1 Å². The third kappa shape index (κ3) is 4.72. The molecule has 0 aromatic heterocycles. The summed E-state index contributed by atoms with van der Waals surface area (Å²) in [6.45, 7) is 2.33. The fraction of sp³-hybridized carbons (Fsp3) is 0.364. The zero-order valence-electron chi connectivity index (χ0n) is 8.34. The van der Waals surface area contributed by atoms with Gasteiger partial charge in [-0.3, -0.25) is 0 Å². The van der Waals surface area contributed by atoms with E-state index in [9.17, 15) is 13.2 Å². The van der Waals surface area contributed by atoms with Gasteiger partial charge in [0, 0.05) is 0 Å². The molecule has 0 aliphatic carbocycles. The van der Waals surface area contributed by atoms with Crippen LogP contribution in [0.3, 0.4) is 0 Å². The molecule has 4 heteroatoms. The van der Waals surface area contributed by atoms with Gasteiger partial charge in [-0.25, -0.2) is 0 Å². The van der Waals surface area contributed by atoms with Crippen LogP contribution < -0.4 is 4.74 Å². The molecule has 0 aliphatic rings. The van der Waals surface area contributed by atoms with E-state index in [4.69, 9.17) is 4.74 Å². The van der Waals surface area contributed by atoms with Crippen LogP contribution in [0.4, 0.5) is 13.2 Å². The Morgan fingerprint density at radius 2 is 2.07 bits per heavy atom. The fourth-order valence-corrected chi connectivity index (χ4v) is 1.13. The summed E-state index contributed by atoms with van der Waals surface area (Å²) < 4.78 is 41.0. The minimum atomic E-state index is -4.15. The van der Waals surface area contributed by atoms with E-state index < -0.39 is 12.6 Å². The van der Waals surface area contributed by atoms with E-state index in [0.717, 1.165) is 6.42 Å². The molecule has 1 rings (SSSR count). The number of benzene rings is 1. The molecular formula is C11H12F3O. The van der Waals surface area contributed by atoms with Gasteiger partial charge in [0.1, 0.15) is 5.75 Å². The molecular weight excluding hydrogens is 205 g/mol. The second-order valence-electron chi connectivity index (χ2n) is 3.03. The normalized spacial score (nSPS) is 11.5. The van der Waals surface area contributed by atoms with Gasteiger partial charge in [-0.05, 0) is 31.0 Å². The van der Waals surface area contributed by atoms with E-state index in [-0.39, 0.29) is 0 Å². The third-order valence-corrected chi connectivity index (χ3v) is 1.74. The van der Waals surface area contributed by atoms with Gasteiger partial charge in [0.05, 0.1) is 13.0 Å². The second kappa shape index (κ2) is 5.05. The van der Waals surface area contributed by atoms with Crippen molar-refractivity contribution in [2.45, 2.75) is 19.5 Å². The lowest BCUT2D eigenvalue weighted by Crippen LogP contribution is -2.07. The van der Waals surface area contributed by atoms with Crippen molar-refractivity contribution in [1.29, 1.82) is 0 Å². The van der Waals surface area contributed by atoms with Crippen LogP contribution in [0.5, 0.6) is 5.75 Å². The standard InChI is InChI=1S/C11H12F3O/c1-2-15-10-5-3-4-9(8-10)6-7-11(12,13)14/h3-6,8H,2,7H2,1H3. The summed E-state index contributed by atoms with van der Waals surface area (Å²) in [6.07, 6.45) is -3.92. The molecule has 0 aliphatic heterocycles. The first-order valence-corrected chi connectivity index (χ1v) is 4.64. The Hall–Kier alpha value is -1.19. The summed E-state index contributed by atoms with van der Waals surface area (Å²) in [5.41, 5.74) is 0.526. The number of rotatable bonds is 4. The zero-order valence-corrected chi connectivity index (χ0v) is 8.34. The van der Waals surface area contributed by atoms with E-state index in [1.165, 1.54) is 0 Å². The predicted molar refractivity (Wildman–Crippen MR) is 51.7 cm³/mol. The number of halogens is 3. The molecule has 0 saturated heterocycles. The van der Waals surface area contributed by atoms with Crippen LogP contribution in [0.25, 0.3) is 0 Å². The highest BCUT2D eigenvalue weighted by atomic mass is 19.4. The van der Waals surface area contributed by atoms with E-state index >= 15 is 0 Å². The molecule has 1 aromatic carbocycles. The van der Waals surface area contributed by atoms with Crippen LogP contribution in [0.15, 0.2) is 24.3 Å². The highest BCUT2D eigenvalue weighted by Gasteiger charge is 2.26. The first kappa shape index (κ1) is 11.9. The lowest BCUT2D eigenvalue weighted by Gasteiger charge is -2.07. The van der Waals surface area contributed by atoms with Crippen molar-refractivity contribution < 1.29 is 17.9 Å². The Labute approximate surface area is 86.9 Å². The van der Waals surface area contributed by atoms with E-state index in [2.05, 4.69) is 0 Å². The Balaban J connectivity index is 2.57. The summed E-state index contributed by atoms with van der Waals surface area (Å²) >= 11 is 0. The van der Waals surface area contributed by atoms with Crippen LogP contribution in [0.2, 0.25) is 0 Å². The first-order chi connectivity index (χ1) is 7.01. The molecule has 0 unspecified atom stereocenters. The van der Waals surface area contributed by atoms with Gasteiger partial charge < -0.3 is 4.74 Å². The zero-order chi connectivity index (χ0) is 11.3. The maximum Gasteiger partial charge on any atom is 0.389 e. The molecule has 83 valence electrons. The van der Waals surface area contributed by atoms with Gasteiger partial charge in [-0.2, -0.15) is 13.2 Å². The molecule has 0 saturated carbocycles. The van der Waals surface area contributed by atoms with Crippen LogP contribution >= 0.6 is 0 Å². The Morgan fingerprint density at radius 1 is 1.33 bits per heavy atom. The number of hydrogen-bond acceptors (Lipinski definition) is 1. The Bertz CT molecular complexity index is 307. The SMILES string of the molecule is CCOc1cccc([CH]CC(F)(F)F)c1. The van der Waals surface area contributed by atoms with Crippen LogP contribution in [-0.2, 0) is 0 Å². The van der Waals surface area contributed by atoms with Crippen molar-refractivity contribution in [3.8, 4) is 5.75 Å².